The summed E-state index contributed by atoms with van der Waals surface area (Å²) in [5, 5.41) is 0. The molecule has 1 unspecified atom stereocenters. The number of aromatic nitrogens is 2. The van der Waals surface area contributed by atoms with E-state index in [0.717, 1.165) is 22.9 Å². The molecule has 0 saturated carbocycles. The lowest BCUT2D eigenvalue weighted by molar-refractivity contribution is 0.303. The summed E-state index contributed by atoms with van der Waals surface area (Å²) in [6.45, 7) is 4.50. The monoisotopic (exact) mass is 321 g/mol. The average Bonchev–Trinajstić information content (AvgIpc) is 3.28. The van der Waals surface area contributed by atoms with Gasteiger partial charge in [0, 0.05) is 23.7 Å². The Morgan fingerprint density at radius 2 is 2.25 bits per heavy atom. The Morgan fingerprint density at radius 1 is 1.38 bits per heavy atom. The molecule has 124 valence electrons. The van der Waals surface area contributed by atoms with E-state index in [-0.39, 0.29) is 0 Å². The highest BCUT2D eigenvalue weighted by atomic mass is 16.5. The molecule has 2 aliphatic rings. The van der Waals surface area contributed by atoms with Crippen LogP contribution >= 0.6 is 0 Å². The van der Waals surface area contributed by atoms with Crippen LogP contribution in [0.2, 0.25) is 0 Å². The van der Waals surface area contributed by atoms with E-state index in [4.69, 9.17) is 9.73 Å². The van der Waals surface area contributed by atoms with E-state index in [0.29, 0.717) is 5.92 Å². The first-order valence-electron chi connectivity index (χ1n) is 8.59. The van der Waals surface area contributed by atoms with Gasteiger partial charge in [0.05, 0.1) is 18.5 Å². The van der Waals surface area contributed by atoms with Crippen LogP contribution in [0, 0.1) is 6.92 Å². The first-order valence-corrected chi connectivity index (χ1v) is 8.59. The number of hydrogen-bond donors (Lipinski definition) is 2. The first kappa shape index (κ1) is 15.1. The topological polar surface area (TPSA) is 53.2 Å². The molecule has 0 fully saturated rings. The lowest BCUT2D eigenvalue weighted by Gasteiger charge is -2.20. The highest BCUT2D eigenvalue weighted by molar-refractivity contribution is 6.11. The fourth-order valence-electron chi connectivity index (χ4n) is 3.88. The van der Waals surface area contributed by atoms with Crippen LogP contribution < -0.4 is 0 Å². The minimum Gasteiger partial charge on any atom is -0.494 e. The van der Waals surface area contributed by atoms with Gasteiger partial charge in [0.15, 0.2) is 0 Å². The molecular formula is C20H23N3O. The molecule has 2 aromatic heterocycles. The molecule has 4 rings (SSSR count). The zero-order valence-corrected chi connectivity index (χ0v) is 14.4. The van der Waals surface area contributed by atoms with Crippen molar-refractivity contribution in [2.45, 2.75) is 39.0 Å². The van der Waals surface area contributed by atoms with Crippen molar-refractivity contribution in [1.29, 1.82) is 0 Å². The van der Waals surface area contributed by atoms with Gasteiger partial charge in [-0.05, 0) is 61.4 Å². The van der Waals surface area contributed by atoms with E-state index in [1.807, 2.05) is 24.4 Å². The third kappa shape index (κ3) is 2.42. The molecule has 0 amide bonds. The van der Waals surface area contributed by atoms with Crippen molar-refractivity contribution < 1.29 is 4.74 Å². The fraction of sp³-hybridized carbons (Fsp3) is 0.350. The Labute approximate surface area is 142 Å². The van der Waals surface area contributed by atoms with Gasteiger partial charge in [-0.15, -0.1) is 0 Å². The van der Waals surface area contributed by atoms with Crippen molar-refractivity contribution in [3.63, 3.8) is 0 Å². The lowest BCUT2D eigenvalue weighted by atomic mass is 9.84. The van der Waals surface area contributed by atoms with E-state index in [2.05, 4.69) is 29.9 Å². The maximum absolute atomic E-state index is 5.55. The van der Waals surface area contributed by atoms with Crippen LogP contribution in [-0.4, -0.2) is 22.8 Å². The third-order valence-electron chi connectivity index (χ3n) is 5.08. The number of allylic oxidation sites excluding steroid dienone is 1. The molecule has 0 spiro atoms. The number of aryl methyl sites for hydroxylation is 1. The maximum Gasteiger partial charge on any atom is 0.146 e. The maximum atomic E-state index is 5.55. The SMILES string of the molecule is COC1=CC(c2ccc[nH]2)=NC1=Cc1[nH]c(C)c2c1C(C)CCC2. The van der Waals surface area contributed by atoms with Crippen molar-refractivity contribution in [2.75, 3.05) is 7.11 Å². The normalized spacial score (nSPS) is 21.6. The summed E-state index contributed by atoms with van der Waals surface area (Å²) in [5.41, 5.74) is 8.23. The van der Waals surface area contributed by atoms with Gasteiger partial charge in [0.2, 0.25) is 0 Å². The summed E-state index contributed by atoms with van der Waals surface area (Å²) in [7, 11) is 1.70. The Morgan fingerprint density at radius 3 is 3.00 bits per heavy atom. The van der Waals surface area contributed by atoms with Gasteiger partial charge in [0.25, 0.3) is 0 Å². The Bertz CT molecular complexity index is 850. The highest BCUT2D eigenvalue weighted by Gasteiger charge is 2.24. The summed E-state index contributed by atoms with van der Waals surface area (Å²) < 4.78 is 5.55. The molecule has 4 heteroatoms. The molecule has 2 aromatic rings. The third-order valence-corrected chi connectivity index (χ3v) is 5.08. The number of rotatable bonds is 3. The average molecular weight is 321 g/mol. The molecule has 1 aliphatic heterocycles. The van der Waals surface area contributed by atoms with Crippen LogP contribution in [0.1, 0.15) is 53.9 Å². The minimum absolute atomic E-state index is 0.591. The van der Waals surface area contributed by atoms with Crippen LogP contribution in [0.4, 0.5) is 0 Å². The van der Waals surface area contributed by atoms with Crippen LogP contribution in [0.25, 0.3) is 6.08 Å². The molecule has 24 heavy (non-hydrogen) atoms. The molecule has 2 N–H and O–H groups in total. The number of hydrogen-bond acceptors (Lipinski definition) is 2. The standard InChI is InChI=1S/C20H23N3O/c1-12-6-4-7-14-13(2)22-18(20(12)14)10-17-19(24-3)11-16(23-17)15-8-5-9-21-15/h5,8-12,21-22H,4,6-7H2,1-3H3. The molecule has 0 radical (unpaired) electrons. The number of methoxy groups -OCH3 is 1. The molecule has 0 bridgehead atoms. The molecular weight excluding hydrogens is 298 g/mol. The smallest absolute Gasteiger partial charge is 0.146 e. The van der Waals surface area contributed by atoms with Crippen molar-refractivity contribution in [2.24, 2.45) is 4.99 Å². The molecule has 0 saturated heterocycles. The second kappa shape index (κ2) is 5.86. The predicted molar refractivity (Wildman–Crippen MR) is 97.3 cm³/mol. The van der Waals surface area contributed by atoms with Gasteiger partial charge >= 0.3 is 0 Å². The first-order chi connectivity index (χ1) is 11.7. The second-order valence-corrected chi connectivity index (χ2v) is 6.67. The number of nitrogens with one attached hydrogen (secondary N) is 2. The van der Waals surface area contributed by atoms with Gasteiger partial charge in [-0.2, -0.15) is 0 Å². The van der Waals surface area contributed by atoms with Gasteiger partial charge < -0.3 is 14.7 Å². The molecule has 1 aliphatic carbocycles. The number of fused-ring (bicyclic) bond motifs is 1. The quantitative estimate of drug-likeness (QED) is 0.861. The minimum atomic E-state index is 0.591. The van der Waals surface area contributed by atoms with E-state index in [9.17, 15) is 0 Å². The summed E-state index contributed by atoms with van der Waals surface area (Å²) >= 11 is 0. The molecule has 4 nitrogen and oxygen atoms in total. The van der Waals surface area contributed by atoms with E-state index in [1.165, 1.54) is 41.8 Å². The summed E-state index contributed by atoms with van der Waals surface area (Å²) in [5.74, 6) is 1.40. The Balaban J connectivity index is 1.77. The van der Waals surface area contributed by atoms with Gasteiger partial charge in [-0.25, -0.2) is 4.99 Å². The van der Waals surface area contributed by atoms with Crippen LogP contribution in [-0.2, 0) is 11.2 Å². The second-order valence-electron chi connectivity index (χ2n) is 6.67. The number of H-pyrrole nitrogens is 2. The molecule has 1 atom stereocenters. The van der Waals surface area contributed by atoms with Gasteiger partial charge in [-0.1, -0.05) is 6.92 Å². The predicted octanol–water partition coefficient (Wildman–Crippen LogP) is 4.47. The molecule has 0 aromatic carbocycles. The van der Waals surface area contributed by atoms with Crippen LogP contribution in [0.5, 0.6) is 0 Å². The summed E-state index contributed by atoms with van der Waals surface area (Å²) in [6, 6.07) is 4.00. The number of nitrogens with zero attached hydrogens (tertiary/aromatic N) is 1. The van der Waals surface area contributed by atoms with Crippen molar-refractivity contribution >= 4 is 11.8 Å². The van der Waals surface area contributed by atoms with Crippen molar-refractivity contribution in [3.8, 4) is 0 Å². The van der Waals surface area contributed by atoms with E-state index < -0.39 is 0 Å². The number of aliphatic imine (C=N–C) groups is 1. The number of aromatic amines is 2. The largest absolute Gasteiger partial charge is 0.494 e. The Kier molecular flexibility index (Phi) is 3.68. The van der Waals surface area contributed by atoms with Crippen molar-refractivity contribution in [3.05, 3.63) is 64.1 Å². The fourth-order valence-corrected chi connectivity index (χ4v) is 3.88. The lowest BCUT2D eigenvalue weighted by Crippen LogP contribution is -2.06. The Hall–Kier alpha value is -2.49. The van der Waals surface area contributed by atoms with Crippen LogP contribution in [0.15, 0.2) is 40.9 Å². The van der Waals surface area contributed by atoms with Gasteiger partial charge in [-0.3, -0.25) is 0 Å². The van der Waals surface area contributed by atoms with Gasteiger partial charge in [0.1, 0.15) is 11.5 Å². The molecule has 3 heterocycles. The van der Waals surface area contributed by atoms with Crippen LogP contribution in [0.3, 0.4) is 0 Å². The number of ether oxygens (including phenoxy) is 1. The summed E-state index contributed by atoms with van der Waals surface area (Å²) in [6.07, 6.45) is 9.75. The summed E-state index contributed by atoms with van der Waals surface area (Å²) in [4.78, 5) is 11.5. The van der Waals surface area contributed by atoms with E-state index >= 15 is 0 Å². The van der Waals surface area contributed by atoms with E-state index in [1.54, 1.807) is 7.11 Å². The van der Waals surface area contributed by atoms with Crippen molar-refractivity contribution in [1.82, 2.24) is 9.97 Å². The zero-order chi connectivity index (χ0) is 16.7. The highest BCUT2D eigenvalue weighted by Crippen LogP contribution is 2.37. The zero-order valence-electron chi connectivity index (χ0n) is 14.4.